The maximum absolute atomic E-state index is 5.73. The van der Waals surface area contributed by atoms with Crippen molar-refractivity contribution >= 4 is 26.7 Å². The molecule has 3 rings (SSSR count). The highest BCUT2D eigenvalue weighted by atomic mass is 79.9. The van der Waals surface area contributed by atoms with Crippen molar-refractivity contribution in [2.45, 2.75) is 31.2 Å². The van der Waals surface area contributed by atoms with E-state index in [2.05, 4.69) is 66.2 Å². The second-order valence-electron chi connectivity index (χ2n) is 5.56. The Bertz CT molecular complexity index is 593. The van der Waals surface area contributed by atoms with E-state index in [4.69, 9.17) is 4.74 Å². The summed E-state index contributed by atoms with van der Waals surface area (Å²) in [6.07, 6.45) is 1.53. The van der Waals surface area contributed by atoms with Crippen LogP contribution >= 0.6 is 15.9 Å². The molecule has 3 atom stereocenters. The molecule has 1 fully saturated rings. The molecule has 19 heavy (non-hydrogen) atoms. The molecule has 0 spiro atoms. The smallest absolute Gasteiger partial charge is 0.0551 e. The molecular formula is C17H19BrO. The highest BCUT2D eigenvalue weighted by molar-refractivity contribution is 9.09. The lowest BCUT2D eigenvalue weighted by Crippen LogP contribution is -2.09. The normalized spacial score (nSPS) is 24.8. The number of fused-ring (bicyclic) bond motifs is 1. The fourth-order valence-electron chi connectivity index (χ4n) is 3.06. The fourth-order valence-corrected chi connectivity index (χ4v) is 4.04. The van der Waals surface area contributed by atoms with Gasteiger partial charge >= 0.3 is 0 Å². The number of halogens is 1. The molecule has 0 aliphatic carbocycles. The van der Waals surface area contributed by atoms with Gasteiger partial charge in [-0.05, 0) is 42.2 Å². The van der Waals surface area contributed by atoms with Gasteiger partial charge < -0.3 is 4.74 Å². The number of hydrogen-bond donors (Lipinski definition) is 0. The number of alkyl halides is 1. The maximum atomic E-state index is 5.73. The zero-order chi connectivity index (χ0) is 13.4. The van der Waals surface area contributed by atoms with Crippen LogP contribution in [0, 0.1) is 12.8 Å². The molecule has 0 saturated carbocycles. The first kappa shape index (κ1) is 13.1. The van der Waals surface area contributed by atoms with E-state index in [9.17, 15) is 0 Å². The molecule has 2 aromatic rings. The van der Waals surface area contributed by atoms with Crippen molar-refractivity contribution in [3.05, 3.63) is 47.5 Å². The van der Waals surface area contributed by atoms with E-state index in [-0.39, 0.29) is 0 Å². The molecule has 0 N–H and O–H groups in total. The summed E-state index contributed by atoms with van der Waals surface area (Å²) in [5.74, 6) is 0.569. The van der Waals surface area contributed by atoms with Crippen LogP contribution in [-0.2, 0) is 4.74 Å². The zero-order valence-electron chi connectivity index (χ0n) is 11.4. The molecule has 1 nitrogen and oxygen atoms in total. The van der Waals surface area contributed by atoms with Crippen molar-refractivity contribution in [1.82, 2.24) is 0 Å². The summed E-state index contributed by atoms with van der Waals surface area (Å²) in [5.41, 5.74) is 2.79. The highest BCUT2D eigenvalue weighted by Gasteiger charge is 2.30. The van der Waals surface area contributed by atoms with Crippen LogP contribution in [0.15, 0.2) is 36.4 Å². The molecule has 1 saturated heterocycles. The van der Waals surface area contributed by atoms with Crippen LogP contribution in [0.5, 0.6) is 0 Å². The summed E-state index contributed by atoms with van der Waals surface area (Å²) in [4.78, 5) is 0.378. The Morgan fingerprint density at radius 1 is 1.21 bits per heavy atom. The molecule has 3 unspecified atom stereocenters. The Hall–Kier alpha value is -0.860. The number of aryl methyl sites for hydroxylation is 1. The highest BCUT2D eigenvalue weighted by Crippen LogP contribution is 2.42. The summed E-state index contributed by atoms with van der Waals surface area (Å²) in [6, 6.07) is 13.1. The molecule has 1 aliphatic heterocycles. The molecule has 0 radical (unpaired) electrons. The van der Waals surface area contributed by atoms with Gasteiger partial charge in [-0.3, -0.25) is 0 Å². The maximum Gasteiger partial charge on any atom is 0.0551 e. The summed E-state index contributed by atoms with van der Waals surface area (Å²) in [5, 5.41) is 2.68. The Labute approximate surface area is 123 Å². The first-order chi connectivity index (χ1) is 9.16. The van der Waals surface area contributed by atoms with Crippen molar-refractivity contribution in [3.8, 4) is 0 Å². The van der Waals surface area contributed by atoms with E-state index in [1.54, 1.807) is 0 Å². The van der Waals surface area contributed by atoms with E-state index in [1.165, 1.54) is 21.9 Å². The molecule has 0 amide bonds. The monoisotopic (exact) mass is 318 g/mol. The van der Waals surface area contributed by atoms with Crippen LogP contribution in [0.2, 0.25) is 0 Å². The number of rotatable bonds is 2. The SMILES string of the molecule is Cc1ccc2ccccc2c1C(Br)C1COC(C)C1. The topological polar surface area (TPSA) is 9.23 Å². The second kappa shape index (κ2) is 5.26. The third-order valence-electron chi connectivity index (χ3n) is 4.11. The van der Waals surface area contributed by atoms with Crippen molar-refractivity contribution in [1.29, 1.82) is 0 Å². The van der Waals surface area contributed by atoms with Crippen LogP contribution in [0.3, 0.4) is 0 Å². The van der Waals surface area contributed by atoms with Gasteiger partial charge in [0, 0.05) is 10.7 Å². The minimum Gasteiger partial charge on any atom is -0.378 e. The quantitative estimate of drug-likeness (QED) is 0.707. The largest absolute Gasteiger partial charge is 0.378 e. The average molecular weight is 319 g/mol. The minimum absolute atomic E-state index is 0.378. The standard InChI is InChI=1S/C17H19BrO/c1-11-7-8-13-5-3-4-6-15(13)16(11)17(18)14-9-12(2)19-10-14/h3-8,12,14,17H,9-10H2,1-2H3. The average Bonchev–Trinajstić information content (AvgIpc) is 2.85. The van der Waals surface area contributed by atoms with Crippen LogP contribution in [0.4, 0.5) is 0 Å². The van der Waals surface area contributed by atoms with Crippen molar-refractivity contribution in [2.24, 2.45) is 5.92 Å². The fraction of sp³-hybridized carbons (Fsp3) is 0.412. The van der Waals surface area contributed by atoms with Gasteiger partial charge in [0.2, 0.25) is 0 Å². The number of ether oxygens (including phenoxy) is 1. The molecule has 100 valence electrons. The summed E-state index contributed by atoms with van der Waals surface area (Å²) >= 11 is 3.93. The van der Waals surface area contributed by atoms with Gasteiger partial charge in [0.25, 0.3) is 0 Å². The molecule has 0 aromatic heterocycles. The Balaban J connectivity index is 2.06. The number of hydrogen-bond acceptors (Lipinski definition) is 1. The van der Waals surface area contributed by atoms with E-state index >= 15 is 0 Å². The van der Waals surface area contributed by atoms with Crippen molar-refractivity contribution in [2.75, 3.05) is 6.61 Å². The van der Waals surface area contributed by atoms with Gasteiger partial charge in [-0.2, -0.15) is 0 Å². The molecule has 1 heterocycles. The zero-order valence-corrected chi connectivity index (χ0v) is 13.0. The van der Waals surface area contributed by atoms with Gasteiger partial charge in [0.15, 0.2) is 0 Å². The lowest BCUT2D eigenvalue weighted by atomic mass is 9.90. The van der Waals surface area contributed by atoms with Crippen LogP contribution < -0.4 is 0 Å². The molecular weight excluding hydrogens is 300 g/mol. The van der Waals surface area contributed by atoms with Crippen molar-refractivity contribution in [3.63, 3.8) is 0 Å². The third kappa shape index (κ3) is 2.44. The molecule has 2 aromatic carbocycles. The summed E-state index contributed by atoms with van der Waals surface area (Å²) in [6.45, 7) is 5.23. The second-order valence-corrected chi connectivity index (χ2v) is 6.55. The number of benzene rings is 2. The van der Waals surface area contributed by atoms with Gasteiger partial charge in [-0.1, -0.05) is 52.3 Å². The van der Waals surface area contributed by atoms with Gasteiger partial charge in [-0.15, -0.1) is 0 Å². The van der Waals surface area contributed by atoms with Gasteiger partial charge in [-0.25, -0.2) is 0 Å². The molecule has 0 bridgehead atoms. The third-order valence-corrected chi connectivity index (χ3v) is 5.31. The predicted molar refractivity (Wildman–Crippen MR) is 83.9 cm³/mol. The summed E-state index contributed by atoms with van der Waals surface area (Å²) < 4.78 is 5.73. The molecule has 1 aliphatic rings. The first-order valence-electron chi connectivity index (χ1n) is 6.90. The van der Waals surface area contributed by atoms with Crippen molar-refractivity contribution < 1.29 is 4.74 Å². The van der Waals surface area contributed by atoms with E-state index in [1.807, 2.05) is 0 Å². The Morgan fingerprint density at radius 3 is 2.74 bits per heavy atom. The molecule has 2 heteroatoms. The van der Waals surface area contributed by atoms with Crippen LogP contribution in [0.25, 0.3) is 10.8 Å². The predicted octanol–water partition coefficient (Wildman–Crippen LogP) is 5.01. The van der Waals surface area contributed by atoms with E-state index < -0.39 is 0 Å². The summed E-state index contributed by atoms with van der Waals surface area (Å²) in [7, 11) is 0. The van der Waals surface area contributed by atoms with E-state index in [0.717, 1.165) is 13.0 Å². The van der Waals surface area contributed by atoms with Gasteiger partial charge in [0.05, 0.1) is 12.7 Å². The Kier molecular flexibility index (Phi) is 3.64. The Morgan fingerprint density at radius 2 is 2.00 bits per heavy atom. The lowest BCUT2D eigenvalue weighted by molar-refractivity contribution is 0.120. The van der Waals surface area contributed by atoms with Crippen LogP contribution in [0.1, 0.15) is 29.3 Å². The minimum atomic E-state index is 0.378. The van der Waals surface area contributed by atoms with E-state index in [0.29, 0.717) is 16.8 Å². The van der Waals surface area contributed by atoms with Crippen LogP contribution in [-0.4, -0.2) is 12.7 Å². The van der Waals surface area contributed by atoms with Gasteiger partial charge in [0.1, 0.15) is 0 Å². The lowest BCUT2D eigenvalue weighted by Gasteiger charge is -2.21. The first-order valence-corrected chi connectivity index (χ1v) is 7.82.